The highest BCUT2D eigenvalue weighted by Gasteiger charge is 2.19. The lowest BCUT2D eigenvalue weighted by Crippen LogP contribution is -2.22. The van der Waals surface area contributed by atoms with E-state index in [2.05, 4.69) is 9.99 Å². The van der Waals surface area contributed by atoms with Gasteiger partial charge in [0.15, 0.2) is 11.5 Å². The summed E-state index contributed by atoms with van der Waals surface area (Å²) in [6.45, 7) is 1.14. The van der Waals surface area contributed by atoms with Crippen LogP contribution in [-0.2, 0) is 9.63 Å². The third-order valence-corrected chi connectivity index (χ3v) is 1.86. The number of Topliss-reactive ketones (excluding diaryl/α,β-unsaturated/α-hetero) is 2. The van der Waals surface area contributed by atoms with E-state index in [1.54, 1.807) is 18.2 Å². The SMILES string of the molecule is CC(=O)C(=NOC(=O)Cl)C(=O)c1ccccc1. The average molecular weight is 254 g/mol. The largest absolute Gasteiger partial charge is 0.429 e. The molecule has 0 aromatic heterocycles. The summed E-state index contributed by atoms with van der Waals surface area (Å²) >= 11 is 4.89. The summed E-state index contributed by atoms with van der Waals surface area (Å²) < 4.78 is 0. The zero-order chi connectivity index (χ0) is 12.8. The van der Waals surface area contributed by atoms with E-state index in [0.717, 1.165) is 6.92 Å². The molecule has 0 bridgehead atoms. The number of carbonyl (C=O) groups excluding carboxylic acids is 3. The molecule has 0 saturated carbocycles. The van der Waals surface area contributed by atoms with Crippen LogP contribution in [0.1, 0.15) is 17.3 Å². The maximum Gasteiger partial charge on any atom is 0.429 e. The van der Waals surface area contributed by atoms with E-state index in [1.165, 1.54) is 12.1 Å². The van der Waals surface area contributed by atoms with Crippen LogP contribution in [0.2, 0.25) is 0 Å². The van der Waals surface area contributed by atoms with Crippen LogP contribution >= 0.6 is 11.6 Å². The number of oxime groups is 1. The smallest absolute Gasteiger partial charge is 0.301 e. The minimum Gasteiger partial charge on any atom is -0.301 e. The number of hydrogen-bond donors (Lipinski definition) is 0. The molecule has 0 N–H and O–H groups in total. The molecule has 0 aliphatic carbocycles. The van der Waals surface area contributed by atoms with Gasteiger partial charge >= 0.3 is 5.43 Å². The molecule has 6 heteroatoms. The minimum absolute atomic E-state index is 0.270. The highest BCUT2D eigenvalue weighted by Crippen LogP contribution is 2.03. The molecule has 0 aliphatic heterocycles. The summed E-state index contributed by atoms with van der Waals surface area (Å²) in [4.78, 5) is 37.4. The molecule has 0 radical (unpaired) electrons. The molecule has 0 atom stereocenters. The first-order chi connectivity index (χ1) is 8.02. The first-order valence-electron chi connectivity index (χ1n) is 4.57. The van der Waals surface area contributed by atoms with Crippen molar-refractivity contribution in [1.82, 2.24) is 0 Å². The van der Waals surface area contributed by atoms with Crippen molar-refractivity contribution in [3.05, 3.63) is 35.9 Å². The van der Waals surface area contributed by atoms with Gasteiger partial charge in [-0.1, -0.05) is 35.5 Å². The highest BCUT2D eigenvalue weighted by molar-refractivity contribution is 6.69. The van der Waals surface area contributed by atoms with Crippen LogP contribution in [0.25, 0.3) is 0 Å². The molecule has 0 amide bonds. The van der Waals surface area contributed by atoms with Crippen molar-refractivity contribution in [2.24, 2.45) is 5.16 Å². The second-order valence-electron chi connectivity index (χ2n) is 3.02. The van der Waals surface area contributed by atoms with Crippen molar-refractivity contribution in [3.63, 3.8) is 0 Å². The van der Waals surface area contributed by atoms with E-state index < -0.39 is 22.7 Å². The number of nitrogens with zero attached hydrogens (tertiary/aromatic N) is 1. The monoisotopic (exact) mass is 253 g/mol. The Morgan fingerprint density at radius 2 is 1.76 bits per heavy atom. The van der Waals surface area contributed by atoms with Crippen molar-refractivity contribution in [1.29, 1.82) is 0 Å². The molecule has 88 valence electrons. The topological polar surface area (TPSA) is 72.8 Å². The lowest BCUT2D eigenvalue weighted by Gasteiger charge is -2.00. The second kappa shape index (κ2) is 5.91. The van der Waals surface area contributed by atoms with Crippen LogP contribution in [-0.4, -0.2) is 22.7 Å². The van der Waals surface area contributed by atoms with Gasteiger partial charge in [-0.25, -0.2) is 4.79 Å². The summed E-state index contributed by atoms with van der Waals surface area (Å²) in [7, 11) is 0. The third kappa shape index (κ3) is 3.81. The van der Waals surface area contributed by atoms with Crippen LogP contribution in [0, 0.1) is 0 Å². The van der Waals surface area contributed by atoms with Gasteiger partial charge in [0.25, 0.3) is 0 Å². The van der Waals surface area contributed by atoms with E-state index in [9.17, 15) is 14.4 Å². The first-order valence-corrected chi connectivity index (χ1v) is 4.95. The van der Waals surface area contributed by atoms with Crippen molar-refractivity contribution in [2.75, 3.05) is 0 Å². The quantitative estimate of drug-likeness (QED) is 0.206. The Bertz CT molecular complexity index is 482. The molecule has 1 rings (SSSR count). The van der Waals surface area contributed by atoms with Crippen molar-refractivity contribution in [2.45, 2.75) is 6.92 Å². The number of carbonyl (C=O) groups is 3. The first kappa shape index (κ1) is 13.1. The van der Waals surface area contributed by atoms with Gasteiger partial charge in [-0.15, -0.1) is 0 Å². The van der Waals surface area contributed by atoms with Crippen LogP contribution in [0.15, 0.2) is 35.5 Å². The van der Waals surface area contributed by atoms with Crippen molar-refractivity contribution >= 4 is 34.3 Å². The molecule has 17 heavy (non-hydrogen) atoms. The molecule has 0 fully saturated rings. The van der Waals surface area contributed by atoms with Gasteiger partial charge in [-0.2, -0.15) is 0 Å². The lowest BCUT2D eigenvalue weighted by atomic mass is 10.1. The molecule has 5 nitrogen and oxygen atoms in total. The summed E-state index contributed by atoms with van der Waals surface area (Å²) in [6, 6.07) is 8.03. The normalized spacial score (nSPS) is 10.8. The number of hydrogen-bond acceptors (Lipinski definition) is 5. The Morgan fingerprint density at radius 3 is 2.24 bits per heavy atom. The maximum absolute atomic E-state index is 11.8. The standard InChI is InChI=1S/C11H8ClNO4/c1-7(14)9(13-17-11(12)16)10(15)8-5-3-2-4-6-8/h2-6H,1H3. The summed E-state index contributed by atoms with van der Waals surface area (Å²) in [6.07, 6.45) is 0. The minimum atomic E-state index is -1.22. The molecule has 1 aromatic rings. The molecule has 0 aliphatic rings. The van der Waals surface area contributed by atoms with Crippen LogP contribution in [0.5, 0.6) is 0 Å². The van der Waals surface area contributed by atoms with E-state index in [1.807, 2.05) is 0 Å². The Morgan fingerprint density at radius 1 is 1.18 bits per heavy atom. The Labute approximate surface area is 102 Å². The van der Waals surface area contributed by atoms with E-state index >= 15 is 0 Å². The Hall–Kier alpha value is -2.01. The van der Waals surface area contributed by atoms with Gasteiger partial charge < -0.3 is 4.84 Å². The summed E-state index contributed by atoms with van der Waals surface area (Å²) in [5, 5.41) is 3.14. The van der Waals surface area contributed by atoms with Crippen molar-refractivity contribution < 1.29 is 19.2 Å². The summed E-state index contributed by atoms with van der Waals surface area (Å²) in [5.74, 6) is -1.24. The summed E-state index contributed by atoms with van der Waals surface area (Å²) in [5.41, 5.74) is -1.43. The zero-order valence-electron chi connectivity index (χ0n) is 8.84. The Balaban J connectivity index is 3.01. The molecular formula is C11H8ClNO4. The highest BCUT2D eigenvalue weighted by atomic mass is 35.5. The predicted molar refractivity (Wildman–Crippen MR) is 61.2 cm³/mol. The number of benzene rings is 1. The molecule has 0 saturated heterocycles. The fraction of sp³-hybridized carbons (Fsp3) is 0.0909. The fourth-order valence-corrected chi connectivity index (χ4v) is 1.11. The molecule has 0 heterocycles. The maximum atomic E-state index is 11.8. The fourth-order valence-electron chi connectivity index (χ4n) is 1.07. The van der Waals surface area contributed by atoms with E-state index in [4.69, 9.17) is 11.6 Å². The number of ketones is 2. The number of rotatable bonds is 4. The molecule has 0 spiro atoms. The second-order valence-corrected chi connectivity index (χ2v) is 3.33. The van der Waals surface area contributed by atoms with Crippen LogP contribution in [0.3, 0.4) is 0 Å². The lowest BCUT2D eigenvalue weighted by molar-refractivity contribution is -0.111. The predicted octanol–water partition coefficient (Wildman–Crippen LogP) is 2.19. The third-order valence-electron chi connectivity index (χ3n) is 1.79. The van der Waals surface area contributed by atoms with Gasteiger partial charge in [0.2, 0.25) is 5.78 Å². The van der Waals surface area contributed by atoms with Crippen LogP contribution < -0.4 is 0 Å². The zero-order valence-corrected chi connectivity index (χ0v) is 9.60. The van der Waals surface area contributed by atoms with Gasteiger partial charge in [0, 0.05) is 24.1 Å². The van der Waals surface area contributed by atoms with Crippen LogP contribution in [0.4, 0.5) is 4.79 Å². The molecule has 1 aromatic carbocycles. The van der Waals surface area contributed by atoms with E-state index in [0.29, 0.717) is 0 Å². The van der Waals surface area contributed by atoms with E-state index in [-0.39, 0.29) is 5.56 Å². The molecule has 0 unspecified atom stereocenters. The Kier molecular flexibility index (Phi) is 4.54. The molecular weight excluding hydrogens is 246 g/mol. The number of halogens is 1. The van der Waals surface area contributed by atoms with Crippen molar-refractivity contribution in [3.8, 4) is 0 Å². The van der Waals surface area contributed by atoms with Gasteiger partial charge in [-0.3, -0.25) is 9.59 Å². The van der Waals surface area contributed by atoms with Gasteiger partial charge in [0.05, 0.1) is 0 Å². The average Bonchev–Trinajstić information content (AvgIpc) is 2.29. The van der Waals surface area contributed by atoms with Gasteiger partial charge in [-0.05, 0) is 0 Å². The van der Waals surface area contributed by atoms with Gasteiger partial charge in [0.1, 0.15) is 0 Å².